The molecule has 2 aromatic rings. The summed E-state index contributed by atoms with van der Waals surface area (Å²) in [5.41, 5.74) is 0.713. The minimum Gasteiger partial charge on any atom is -0.393 e. The van der Waals surface area contributed by atoms with Crippen molar-refractivity contribution in [1.29, 1.82) is 0 Å². The molecule has 1 N–H and O–H groups in total. The van der Waals surface area contributed by atoms with Crippen molar-refractivity contribution in [3.63, 3.8) is 0 Å². The molecule has 0 aliphatic heterocycles. The Kier molecular flexibility index (Phi) is 3.54. The molecule has 2 rings (SSSR count). The molecule has 0 fully saturated rings. The van der Waals surface area contributed by atoms with Crippen LogP contribution in [-0.4, -0.2) is 20.8 Å². The second-order valence-electron chi connectivity index (χ2n) is 4.25. The Labute approximate surface area is 99.5 Å². The molecule has 17 heavy (non-hydrogen) atoms. The first-order valence-corrected chi connectivity index (χ1v) is 5.81. The lowest BCUT2D eigenvalue weighted by Gasteiger charge is -2.07. The number of fused-ring (bicyclic) bond motifs is 1. The topological polar surface area (TPSA) is 55.1 Å². The fraction of sp³-hybridized carbons (Fsp3) is 0.385. The van der Waals surface area contributed by atoms with E-state index in [9.17, 15) is 4.79 Å². The van der Waals surface area contributed by atoms with Gasteiger partial charge >= 0.3 is 0 Å². The zero-order valence-corrected chi connectivity index (χ0v) is 9.84. The summed E-state index contributed by atoms with van der Waals surface area (Å²) in [6, 6.07) is 7.32. The molecule has 0 aliphatic rings. The smallest absolute Gasteiger partial charge is 0.261 e. The van der Waals surface area contributed by atoms with Gasteiger partial charge in [0.1, 0.15) is 0 Å². The highest BCUT2D eigenvalue weighted by Crippen LogP contribution is 2.05. The van der Waals surface area contributed by atoms with Crippen molar-refractivity contribution in [2.24, 2.45) is 0 Å². The molecule has 1 heterocycles. The van der Waals surface area contributed by atoms with E-state index in [1.54, 1.807) is 23.9 Å². The molecule has 0 amide bonds. The highest BCUT2D eigenvalue weighted by Gasteiger charge is 2.03. The highest BCUT2D eigenvalue weighted by atomic mass is 16.3. The molecule has 0 saturated carbocycles. The van der Waals surface area contributed by atoms with Gasteiger partial charge in [-0.25, -0.2) is 4.98 Å². The average molecular weight is 232 g/mol. The Morgan fingerprint density at radius 1 is 1.41 bits per heavy atom. The number of para-hydroxylation sites is 1. The molecule has 4 heteroatoms. The number of aliphatic hydroxyl groups excluding tert-OH is 1. The van der Waals surface area contributed by atoms with Crippen LogP contribution in [0.25, 0.3) is 10.9 Å². The Hall–Kier alpha value is -1.68. The maximum absolute atomic E-state index is 12.1. The van der Waals surface area contributed by atoms with Gasteiger partial charge in [-0.05, 0) is 31.9 Å². The van der Waals surface area contributed by atoms with E-state index in [2.05, 4.69) is 4.98 Å². The molecule has 1 aromatic carbocycles. The van der Waals surface area contributed by atoms with Crippen molar-refractivity contribution in [2.75, 3.05) is 0 Å². The molecule has 90 valence electrons. The summed E-state index contributed by atoms with van der Waals surface area (Å²) in [5.74, 6) is 0. The third kappa shape index (κ3) is 2.71. The lowest BCUT2D eigenvalue weighted by Crippen LogP contribution is -2.21. The fourth-order valence-electron chi connectivity index (χ4n) is 1.82. The number of benzene rings is 1. The van der Waals surface area contributed by atoms with Crippen LogP contribution in [0.3, 0.4) is 0 Å². The van der Waals surface area contributed by atoms with Crippen molar-refractivity contribution in [1.82, 2.24) is 9.55 Å². The van der Waals surface area contributed by atoms with E-state index in [0.717, 1.165) is 11.9 Å². The SMILES string of the molecule is CC(O)CCCn1cnc2ccccc2c1=O. The van der Waals surface area contributed by atoms with Gasteiger partial charge in [0.2, 0.25) is 0 Å². The van der Waals surface area contributed by atoms with Crippen LogP contribution in [-0.2, 0) is 6.54 Å². The van der Waals surface area contributed by atoms with E-state index in [-0.39, 0.29) is 11.7 Å². The van der Waals surface area contributed by atoms with E-state index in [0.29, 0.717) is 18.4 Å². The van der Waals surface area contributed by atoms with Gasteiger partial charge in [0.15, 0.2) is 0 Å². The zero-order valence-electron chi connectivity index (χ0n) is 9.84. The Morgan fingerprint density at radius 3 is 2.94 bits per heavy atom. The third-order valence-electron chi connectivity index (χ3n) is 2.75. The molecule has 1 unspecified atom stereocenters. The quantitative estimate of drug-likeness (QED) is 0.870. The molecular weight excluding hydrogens is 216 g/mol. The van der Waals surface area contributed by atoms with Crippen LogP contribution < -0.4 is 5.56 Å². The number of aryl methyl sites for hydroxylation is 1. The molecule has 0 radical (unpaired) electrons. The second kappa shape index (κ2) is 5.10. The van der Waals surface area contributed by atoms with E-state index >= 15 is 0 Å². The van der Waals surface area contributed by atoms with E-state index in [4.69, 9.17) is 5.11 Å². The molecule has 0 bridgehead atoms. The number of nitrogens with zero attached hydrogens (tertiary/aromatic N) is 2. The van der Waals surface area contributed by atoms with Gasteiger partial charge in [0, 0.05) is 6.54 Å². The number of hydrogen-bond acceptors (Lipinski definition) is 3. The lowest BCUT2D eigenvalue weighted by atomic mass is 10.2. The minimum absolute atomic E-state index is 0.0128. The largest absolute Gasteiger partial charge is 0.393 e. The monoisotopic (exact) mass is 232 g/mol. The Balaban J connectivity index is 2.24. The number of rotatable bonds is 4. The van der Waals surface area contributed by atoms with E-state index in [1.165, 1.54) is 0 Å². The predicted octanol–water partition coefficient (Wildman–Crippen LogP) is 1.56. The maximum Gasteiger partial charge on any atom is 0.261 e. The summed E-state index contributed by atoms with van der Waals surface area (Å²) in [6.07, 6.45) is 2.72. The summed E-state index contributed by atoms with van der Waals surface area (Å²) in [5, 5.41) is 9.81. The summed E-state index contributed by atoms with van der Waals surface area (Å²) < 4.78 is 1.60. The van der Waals surface area contributed by atoms with Crippen LogP contribution in [0.2, 0.25) is 0 Å². The standard InChI is InChI=1S/C13H16N2O2/c1-10(16)5-4-8-15-9-14-12-7-3-2-6-11(12)13(15)17/h2-3,6-7,9-10,16H,4-5,8H2,1H3. The first-order chi connectivity index (χ1) is 8.18. The van der Waals surface area contributed by atoms with Gasteiger partial charge in [0.05, 0.1) is 23.3 Å². The van der Waals surface area contributed by atoms with Gasteiger partial charge in [-0.2, -0.15) is 0 Å². The molecule has 4 nitrogen and oxygen atoms in total. The van der Waals surface area contributed by atoms with Crippen LogP contribution in [0.5, 0.6) is 0 Å². The maximum atomic E-state index is 12.1. The van der Waals surface area contributed by atoms with Crippen LogP contribution in [0.15, 0.2) is 35.4 Å². The number of hydrogen-bond donors (Lipinski definition) is 1. The number of aromatic nitrogens is 2. The van der Waals surface area contributed by atoms with Crippen LogP contribution in [0.1, 0.15) is 19.8 Å². The summed E-state index contributed by atoms with van der Waals surface area (Å²) in [4.78, 5) is 16.3. The first-order valence-electron chi connectivity index (χ1n) is 5.81. The van der Waals surface area contributed by atoms with Gasteiger partial charge in [-0.15, -0.1) is 0 Å². The Morgan fingerprint density at radius 2 is 2.18 bits per heavy atom. The van der Waals surface area contributed by atoms with Gasteiger partial charge in [-0.1, -0.05) is 12.1 Å². The van der Waals surface area contributed by atoms with E-state index < -0.39 is 0 Å². The minimum atomic E-state index is -0.320. The van der Waals surface area contributed by atoms with Gasteiger partial charge in [0.25, 0.3) is 5.56 Å². The summed E-state index contributed by atoms with van der Waals surface area (Å²) in [7, 11) is 0. The predicted molar refractivity (Wildman–Crippen MR) is 66.9 cm³/mol. The zero-order chi connectivity index (χ0) is 12.3. The first kappa shape index (κ1) is 11.8. The van der Waals surface area contributed by atoms with Crippen molar-refractivity contribution >= 4 is 10.9 Å². The molecule has 0 spiro atoms. The molecule has 0 saturated heterocycles. The van der Waals surface area contributed by atoms with Gasteiger partial charge < -0.3 is 5.11 Å². The van der Waals surface area contributed by atoms with Crippen LogP contribution in [0.4, 0.5) is 0 Å². The number of aliphatic hydroxyl groups is 1. The van der Waals surface area contributed by atoms with E-state index in [1.807, 2.05) is 18.2 Å². The van der Waals surface area contributed by atoms with Crippen molar-refractivity contribution in [3.8, 4) is 0 Å². The third-order valence-corrected chi connectivity index (χ3v) is 2.75. The van der Waals surface area contributed by atoms with Crippen molar-refractivity contribution < 1.29 is 5.11 Å². The highest BCUT2D eigenvalue weighted by molar-refractivity contribution is 5.76. The Bertz CT molecular complexity index is 561. The van der Waals surface area contributed by atoms with Gasteiger partial charge in [-0.3, -0.25) is 9.36 Å². The van der Waals surface area contributed by atoms with Crippen molar-refractivity contribution in [3.05, 3.63) is 40.9 Å². The fourth-order valence-corrected chi connectivity index (χ4v) is 1.82. The lowest BCUT2D eigenvalue weighted by molar-refractivity contribution is 0.179. The second-order valence-corrected chi connectivity index (χ2v) is 4.25. The molecular formula is C13H16N2O2. The normalized spacial score (nSPS) is 12.8. The summed E-state index contributed by atoms with van der Waals surface area (Å²) in [6.45, 7) is 2.35. The molecule has 1 atom stereocenters. The van der Waals surface area contributed by atoms with Crippen LogP contribution >= 0.6 is 0 Å². The summed E-state index contributed by atoms with van der Waals surface area (Å²) >= 11 is 0. The molecule has 1 aromatic heterocycles. The van der Waals surface area contributed by atoms with Crippen molar-refractivity contribution in [2.45, 2.75) is 32.4 Å². The average Bonchev–Trinajstić information content (AvgIpc) is 2.32. The van der Waals surface area contributed by atoms with Crippen LogP contribution in [0, 0.1) is 0 Å². The molecule has 0 aliphatic carbocycles.